The van der Waals surface area contributed by atoms with Crippen LogP contribution in [0.25, 0.3) is 0 Å². The van der Waals surface area contributed by atoms with Gasteiger partial charge in [0.2, 0.25) is 0 Å². The average Bonchev–Trinajstić information content (AvgIpc) is 2.60. The van der Waals surface area contributed by atoms with Crippen LogP contribution in [-0.4, -0.2) is 36.6 Å². The second-order valence-corrected chi connectivity index (χ2v) is 5.81. The Bertz CT molecular complexity index is 247. The highest BCUT2D eigenvalue weighted by molar-refractivity contribution is 4.99. The summed E-state index contributed by atoms with van der Waals surface area (Å²) in [5.74, 6) is 2.10. The summed E-state index contributed by atoms with van der Waals surface area (Å²) in [5.41, 5.74) is 0. The zero-order valence-corrected chi connectivity index (χ0v) is 10.3. The highest BCUT2D eigenvalue weighted by atomic mass is 15.3. The molecule has 0 N–H and O–H groups in total. The first kappa shape index (κ1) is 11.1. The van der Waals surface area contributed by atoms with Gasteiger partial charge in [-0.15, -0.1) is 0 Å². The van der Waals surface area contributed by atoms with E-state index >= 15 is 0 Å². The molecule has 2 heterocycles. The van der Waals surface area contributed by atoms with E-state index in [0.717, 1.165) is 12.5 Å². The topological polar surface area (TPSA) is 28.0 Å². The SMILES string of the molecule is CC(C)CN1CC2N=NC(C(C)C)C2C1. The maximum atomic E-state index is 4.44. The molecule has 0 aromatic carbocycles. The van der Waals surface area contributed by atoms with Crippen LogP contribution in [0.15, 0.2) is 10.2 Å². The monoisotopic (exact) mass is 209 g/mol. The summed E-state index contributed by atoms with van der Waals surface area (Å²) >= 11 is 0. The average molecular weight is 209 g/mol. The van der Waals surface area contributed by atoms with Gasteiger partial charge in [0.05, 0.1) is 12.1 Å². The lowest BCUT2D eigenvalue weighted by Crippen LogP contribution is -2.29. The summed E-state index contributed by atoms with van der Waals surface area (Å²) < 4.78 is 0. The van der Waals surface area contributed by atoms with Gasteiger partial charge in [-0.05, 0) is 11.8 Å². The lowest BCUT2D eigenvalue weighted by atomic mass is 9.89. The van der Waals surface area contributed by atoms with Crippen LogP contribution in [0, 0.1) is 17.8 Å². The van der Waals surface area contributed by atoms with E-state index in [1.807, 2.05) is 0 Å². The van der Waals surface area contributed by atoms with Crippen molar-refractivity contribution >= 4 is 0 Å². The number of hydrogen-bond acceptors (Lipinski definition) is 3. The quantitative estimate of drug-likeness (QED) is 0.701. The smallest absolute Gasteiger partial charge is 0.0896 e. The third-order valence-corrected chi connectivity index (χ3v) is 3.50. The third-order valence-electron chi connectivity index (χ3n) is 3.50. The first-order chi connectivity index (χ1) is 7.08. The lowest BCUT2D eigenvalue weighted by molar-refractivity contribution is 0.268. The molecule has 0 aliphatic carbocycles. The molecule has 2 rings (SSSR count). The molecule has 15 heavy (non-hydrogen) atoms. The van der Waals surface area contributed by atoms with Crippen molar-refractivity contribution in [1.29, 1.82) is 0 Å². The van der Waals surface area contributed by atoms with Crippen LogP contribution in [0.3, 0.4) is 0 Å². The molecule has 0 amide bonds. The Kier molecular flexibility index (Phi) is 3.10. The van der Waals surface area contributed by atoms with Crippen LogP contribution in [0.1, 0.15) is 27.7 Å². The Morgan fingerprint density at radius 3 is 2.47 bits per heavy atom. The Labute approximate surface area is 92.9 Å². The molecule has 3 heteroatoms. The fourth-order valence-corrected chi connectivity index (χ4v) is 2.89. The van der Waals surface area contributed by atoms with Gasteiger partial charge in [0.15, 0.2) is 0 Å². The zero-order valence-electron chi connectivity index (χ0n) is 10.3. The summed E-state index contributed by atoms with van der Waals surface area (Å²) in [6.45, 7) is 12.7. The standard InChI is InChI=1S/C12H23N3/c1-8(2)5-15-6-10-11(7-15)13-14-12(10)9(3)4/h8-12H,5-7H2,1-4H3. The summed E-state index contributed by atoms with van der Waals surface area (Å²) in [6, 6.07) is 0.975. The Morgan fingerprint density at radius 2 is 1.87 bits per heavy atom. The lowest BCUT2D eigenvalue weighted by Gasteiger charge is -2.21. The molecule has 1 fully saturated rings. The van der Waals surface area contributed by atoms with Gasteiger partial charge in [0, 0.05) is 25.6 Å². The van der Waals surface area contributed by atoms with E-state index in [-0.39, 0.29) is 0 Å². The number of fused-ring (bicyclic) bond motifs is 1. The molecule has 0 aromatic rings. The van der Waals surface area contributed by atoms with Gasteiger partial charge in [0.1, 0.15) is 0 Å². The first-order valence-corrected chi connectivity index (χ1v) is 6.20. The summed E-state index contributed by atoms with van der Waals surface area (Å²) in [7, 11) is 0. The molecule has 3 atom stereocenters. The minimum absolute atomic E-state index is 0.479. The highest BCUT2D eigenvalue weighted by Gasteiger charge is 2.43. The Morgan fingerprint density at radius 1 is 1.13 bits per heavy atom. The number of hydrogen-bond donors (Lipinski definition) is 0. The van der Waals surface area contributed by atoms with Crippen LogP contribution < -0.4 is 0 Å². The van der Waals surface area contributed by atoms with E-state index < -0.39 is 0 Å². The van der Waals surface area contributed by atoms with E-state index in [1.54, 1.807) is 0 Å². The van der Waals surface area contributed by atoms with Gasteiger partial charge >= 0.3 is 0 Å². The first-order valence-electron chi connectivity index (χ1n) is 6.20. The van der Waals surface area contributed by atoms with E-state index in [4.69, 9.17) is 0 Å². The van der Waals surface area contributed by atoms with Crippen molar-refractivity contribution in [3.05, 3.63) is 0 Å². The molecular weight excluding hydrogens is 186 g/mol. The van der Waals surface area contributed by atoms with Crippen LogP contribution in [0.2, 0.25) is 0 Å². The number of azo groups is 1. The van der Waals surface area contributed by atoms with Crippen molar-refractivity contribution < 1.29 is 0 Å². The molecule has 2 aliphatic rings. The Hall–Kier alpha value is -0.440. The molecular formula is C12H23N3. The van der Waals surface area contributed by atoms with Gasteiger partial charge in [-0.25, -0.2) is 0 Å². The number of likely N-dealkylation sites (tertiary alicyclic amines) is 1. The van der Waals surface area contributed by atoms with Crippen molar-refractivity contribution in [1.82, 2.24) is 4.90 Å². The molecule has 0 radical (unpaired) electrons. The van der Waals surface area contributed by atoms with E-state index in [9.17, 15) is 0 Å². The van der Waals surface area contributed by atoms with E-state index in [0.29, 0.717) is 23.9 Å². The molecule has 0 spiro atoms. The highest BCUT2D eigenvalue weighted by Crippen LogP contribution is 2.34. The van der Waals surface area contributed by atoms with Crippen molar-refractivity contribution in [2.75, 3.05) is 19.6 Å². The van der Waals surface area contributed by atoms with Crippen LogP contribution in [-0.2, 0) is 0 Å². The fraction of sp³-hybridized carbons (Fsp3) is 1.00. The summed E-state index contributed by atoms with van der Waals surface area (Å²) in [5, 5.41) is 8.87. The minimum Gasteiger partial charge on any atom is -0.300 e. The largest absolute Gasteiger partial charge is 0.300 e. The fourth-order valence-electron chi connectivity index (χ4n) is 2.89. The van der Waals surface area contributed by atoms with Crippen LogP contribution in [0.4, 0.5) is 0 Å². The molecule has 0 aromatic heterocycles. The van der Waals surface area contributed by atoms with Crippen molar-refractivity contribution in [3.63, 3.8) is 0 Å². The molecule has 0 saturated carbocycles. The molecule has 3 nitrogen and oxygen atoms in total. The predicted molar refractivity (Wildman–Crippen MR) is 62.0 cm³/mol. The van der Waals surface area contributed by atoms with Gasteiger partial charge in [-0.1, -0.05) is 27.7 Å². The zero-order chi connectivity index (χ0) is 11.0. The molecule has 3 unspecified atom stereocenters. The third kappa shape index (κ3) is 2.22. The Balaban J connectivity index is 1.94. The summed E-state index contributed by atoms with van der Waals surface area (Å²) in [6.07, 6.45) is 0. The van der Waals surface area contributed by atoms with Crippen molar-refractivity contribution in [2.24, 2.45) is 28.0 Å². The predicted octanol–water partition coefficient (Wildman–Crippen LogP) is 2.43. The van der Waals surface area contributed by atoms with Crippen LogP contribution >= 0.6 is 0 Å². The summed E-state index contributed by atoms with van der Waals surface area (Å²) in [4.78, 5) is 2.56. The molecule has 2 aliphatic heterocycles. The van der Waals surface area contributed by atoms with Gasteiger partial charge in [-0.2, -0.15) is 10.2 Å². The maximum Gasteiger partial charge on any atom is 0.0896 e. The van der Waals surface area contributed by atoms with Crippen molar-refractivity contribution in [3.8, 4) is 0 Å². The normalized spacial score (nSPS) is 35.7. The molecule has 86 valence electrons. The van der Waals surface area contributed by atoms with Gasteiger partial charge in [-0.3, -0.25) is 0 Å². The van der Waals surface area contributed by atoms with Crippen molar-refractivity contribution in [2.45, 2.75) is 39.8 Å². The second-order valence-electron chi connectivity index (χ2n) is 5.81. The second kappa shape index (κ2) is 4.20. The van der Waals surface area contributed by atoms with Gasteiger partial charge < -0.3 is 4.90 Å². The van der Waals surface area contributed by atoms with E-state index in [1.165, 1.54) is 13.1 Å². The minimum atomic E-state index is 0.479. The van der Waals surface area contributed by atoms with Gasteiger partial charge in [0.25, 0.3) is 0 Å². The molecule has 1 saturated heterocycles. The van der Waals surface area contributed by atoms with E-state index in [2.05, 4.69) is 42.8 Å². The number of rotatable bonds is 3. The molecule has 0 bridgehead atoms. The number of nitrogens with zero attached hydrogens (tertiary/aromatic N) is 3. The maximum absolute atomic E-state index is 4.44. The van der Waals surface area contributed by atoms with Crippen LogP contribution in [0.5, 0.6) is 0 Å².